The first-order valence-corrected chi connectivity index (χ1v) is 50.6. The highest BCUT2D eigenvalue weighted by Gasteiger charge is 2.26. The van der Waals surface area contributed by atoms with Gasteiger partial charge in [0.15, 0.2) is 5.82 Å². The van der Waals surface area contributed by atoms with Crippen LogP contribution in [-0.2, 0) is 0 Å². The van der Waals surface area contributed by atoms with E-state index in [-0.39, 0.29) is 0 Å². The fourth-order valence-corrected chi connectivity index (χ4v) is 22.1. The first kappa shape index (κ1) is 87.4. The van der Waals surface area contributed by atoms with Crippen molar-refractivity contribution >= 4 is 131 Å². The molecule has 0 aliphatic carbocycles. The third kappa shape index (κ3) is 15.5. The summed E-state index contributed by atoms with van der Waals surface area (Å²) < 4.78 is 13.6. The van der Waals surface area contributed by atoms with Gasteiger partial charge < -0.3 is 4.57 Å². The van der Waals surface area contributed by atoms with E-state index in [1.807, 2.05) is 104 Å². The summed E-state index contributed by atoms with van der Waals surface area (Å²) in [5, 5.41) is 14.0. The topological polar surface area (TPSA) is 120 Å². The fourth-order valence-electron chi connectivity index (χ4n) is 22.1. The van der Waals surface area contributed by atoms with Crippen LogP contribution in [-0.4, -0.2) is 62.3 Å². The van der Waals surface area contributed by atoms with Crippen molar-refractivity contribution in [3.05, 3.63) is 540 Å². The highest BCUT2D eigenvalue weighted by atomic mass is 15.2. The van der Waals surface area contributed by atoms with Crippen molar-refractivity contribution in [1.82, 2.24) is 62.3 Å². The van der Waals surface area contributed by atoms with E-state index in [4.69, 9.17) is 34.9 Å². The van der Waals surface area contributed by atoms with Gasteiger partial charge >= 0.3 is 0 Å². The average molecular weight is 1920 g/mol. The molecule has 11 heterocycles. The maximum absolute atomic E-state index is 5.18. The molecule has 0 N–H and O–H groups in total. The summed E-state index contributed by atoms with van der Waals surface area (Å²) >= 11 is 0. The molecule has 13 nitrogen and oxygen atoms in total. The van der Waals surface area contributed by atoms with Gasteiger partial charge in [0.05, 0.1) is 66.7 Å². The molecule has 0 aliphatic heterocycles. The van der Waals surface area contributed by atoms with E-state index in [2.05, 4.69) is 464 Å². The van der Waals surface area contributed by atoms with E-state index in [1.54, 1.807) is 0 Å². The van der Waals surface area contributed by atoms with E-state index < -0.39 is 0 Å². The van der Waals surface area contributed by atoms with Gasteiger partial charge in [0, 0.05) is 151 Å². The van der Waals surface area contributed by atoms with E-state index >= 15 is 0 Å². The zero-order valence-electron chi connectivity index (χ0n) is 81.2. The number of benzene rings is 19. The van der Waals surface area contributed by atoms with E-state index in [1.165, 1.54) is 65.6 Å². The van der Waals surface area contributed by atoms with Crippen LogP contribution in [0.5, 0.6) is 0 Å². The molecule has 0 fully saturated rings. The summed E-state index contributed by atoms with van der Waals surface area (Å²) in [6.45, 7) is 0. The van der Waals surface area contributed by atoms with E-state index in [0.717, 1.165) is 189 Å². The molecule has 150 heavy (non-hydrogen) atoms. The van der Waals surface area contributed by atoms with Crippen molar-refractivity contribution in [3.63, 3.8) is 0 Å². The van der Waals surface area contributed by atoms with Crippen molar-refractivity contribution in [2.24, 2.45) is 0 Å². The quantitative estimate of drug-likeness (QED) is 0.100. The summed E-state index contributed by atoms with van der Waals surface area (Å²) in [4.78, 5) is 35.9. The molecule has 702 valence electrons. The third-order valence-corrected chi connectivity index (χ3v) is 29.1. The van der Waals surface area contributed by atoms with Crippen molar-refractivity contribution < 1.29 is 0 Å². The molecule has 0 bridgehead atoms. The number of aromatic nitrogens is 13. The molecule has 0 unspecified atom stereocenters. The third-order valence-electron chi connectivity index (χ3n) is 29.1. The summed E-state index contributed by atoms with van der Waals surface area (Å²) in [6.07, 6.45) is 6.03. The van der Waals surface area contributed by atoms with Gasteiger partial charge in [-0.05, 0) is 185 Å². The van der Waals surface area contributed by atoms with Crippen LogP contribution in [0.15, 0.2) is 540 Å². The summed E-state index contributed by atoms with van der Waals surface area (Å²) in [5.74, 6) is 2.16. The smallest absolute Gasteiger partial charge is 0.235 e. The van der Waals surface area contributed by atoms with Gasteiger partial charge in [-0.3, -0.25) is 22.8 Å². The Kier molecular flexibility index (Phi) is 21.6. The Bertz CT molecular complexity index is 9930. The Morgan fingerprint density at radius 2 is 0.393 bits per heavy atom. The Morgan fingerprint density at radius 3 is 0.793 bits per heavy atom. The SMILES string of the molecule is c1ccc(-c2cc(-c3ccccc3)nc(-n3c4ccccc4c4cc(-c5cnc6c(c5)c5ccccc5n6-c5ccccc5)ccc43)n2)cc1.c1ccc(-c2cc(-n3c4ccccc4c4cc(-c5cnc6c(c5)c5ccccc5n6-c5ccccc5)ccc43)nc(-c3ccccc3)n2)cc1.c1ccc(-c2ccc(-n3c4ccccc4c4cc(-c5ccc6c(c5)c5ccccc5n6-c5cccc(-c6ccccc6)c5)cnc43)cc2)cc1. The molecule has 30 aromatic rings. The van der Waals surface area contributed by atoms with Crippen molar-refractivity contribution in [2.75, 3.05) is 0 Å². The minimum Gasteiger partial charge on any atom is -0.309 e. The Balaban J connectivity index is 0.000000108. The van der Waals surface area contributed by atoms with Crippen molar-refractivity contribution in [1.29, 1.82) is 0 Å². The Hall–Kier alpha value is -20.4. The number of fused-ring (bicyclic) bond motifs is 18. The van der Waals surface area contributed by atoms with Gasteiger partial charge in [-0.2, -0.15) is 0 Å². The molecule has 13 heteroatoms. The van der Waals surface area contributed by atoms with Gasteiger partial charge in [0.2, 0.25) is 5.95 Å². The van der Waals surface area contributed by atoms with E-state index in [0.29, 0.717) is 11.8 Å². The van der Waals surface area contributed by atoms with Gasteiger partial charge in [-0.15, -0.1) is 0 Å². The van der Waals surface area contributed by atoms with Crippen LogP contribution >= 0.6 is 0 Å². The summed E-state index contributed by atoms with van der Waals surface area (Å²) in [6, 6.07) is 184. The molecule has 0 amide bonds. The van der Waals surface area contributed by atoms with Gasteiger partial charge in [0.1, 0.15) is 22.8 Å². The predicted molar refractivity (Wildman–Crippen MR) is 619 cm³/mol. The molecule has 30 rings (SSSR count). The van der Waals surface area contributed by atoms with Crippen LogP contribution in [0, 0.1) is 0 Å². The highest BCUT2D eigenvalue weighted by molar-refractivity contribution is 6.16. The number of para-hydroxylation sites is 8. The van der Waals surface area contributed by atoms with Crippen molar-refractivity contribution in [3.8, 4) is 135 Å². The Labute approximate surface area is 863 Å². The fraction of sp³-hybridized carbons (Fsp3) is 0. The second kappa shape index (κ2) is 37.1. The monoisotopic (exact) mass is 1920 g/mol. The zero-order valence-corrected chi connectivity index (χ0v) is 81.2. The van der Waals surface area contributed by atoms with Gasteiger partial charge in [-0.1, -0.05) is 370 Å². The number of hydrogen-bond acceptors (Lipinski definition) is 7. The van der Waals surface area contributed by atoms with Crippen LogP contribution < -0.4 is 0 Å². The number of nitrogens with zero attached hydrogens (tertiary/aromatic N) is 13. The standard InChI is InChI=1S/C47H31N3.2C45H29N5/c1-3-12-32(13-4-1)34-22-25-38(26-23-34)50-45-21-10-8-19-41(45)43-30-37(31-48-47(43)50)36-24-27-46-42(29-36)40-18-7-9-20-44(40)49(46)39-17-11-16-35(28-39)33-14-5-2-6-15-33;1-4-14-30(15-5-1)39-28-40(31-16-6-2-7-17-31)48-45(47-39)50-42-23-13-10-20-35(42)37-26-32(24-25-43(37)50)33-27-38-36-21-11-12-22-41(36)49(44(38)46-29-33)34-18-8-3-9-19-34;1-4-14-30(15-5-1)39-28-43(48-44(47-39)31-16-6-2-7-17-31)50-41-23-13-10-20-35(41)37-26-32(24-25-42(37)50)33-27-38-36-21-11-12-22-40(36)49(45(38)46-29-33)34-18-8-3-9-19-34/h1-31H;2*1-29H. The maximum Gasteiger partial charge on any atom is 0.235 e. The lowest BCUT2D eigenvalue weighted by molar-refractivity contribution is 0.995. The number of hydrogen-bond donors (Lipinski definition) is 0. The number of pyridine rings is 3. The lowest BCUT2D eigenvalue weighted by Crippen LogP contribution is -2.03. The minimum atomic E-state index is 0.640. The molecule has 0 saturated heterocycles. The second-order valence-electron chi connectivity index (χ2n) is 37.9. The predicted octanol–water partition coefficient (Wildman–Crippen LogP) is 34.4. The molecule has 0 spiro atoms. The summed E-state index contributed by atoms with van der Waals surface area (Å²) in [7, 11) is 0. The molecule has 0 atom stereocenters. The van der Waals surface area contributed by atoms with Crippen LogP contribution in [0.25, 0.3) is 267 Å². The van der Waals surface area contributed by atoms with Crippen LogP contribution in [0.4, 0.5) is 0 Å². The number of rotatable bonds is 15. The molecule has 19 aromatic carbocycles. The minimum absolute atomic E-state index is 0.640. The lowest BCUT2D eigenvalue weighted by Gasteiger charge is -2.12. The molecule has 0 radical (unpaired) electrons. The molecular formula is C137H89N13. The van der Waals surface area contributed by atoms with Crippen LogP contribution in [0.2, 0.25) is 0 Å². The molecule has 11 aromatic heterocycles. The first-order valence-electron chi connectivity index (χ1n) is 50.6. The molecular weight excluding hydrogens is 1830 g/mol. The van der Waals surface area contributed by atoms with Crippen LogP contribution in [0.1, 0.15) is 0 Å². The second-order valence-corrected chi connectivity index (χ2v) is 37.9. The normalized spacial score (nSPS) is 11.6. The van der Waals surface area contributed by atoms with Crippen molar-refractivity contribution in [2.45, 2.75) is 0 Å². The molecule has 0 saturated carbocycles. The largest absolute Gasteiger partial charge is 0.309 e. The van der Waals surface area contributed by atoms with E-state index in [9.17, 15) is 0 Å². The summed E-state index contributed by atoms with van der Waals surface area (Å²) in [5.41, 5.74) is 35.6. The average Bonchev–Trinajstić information content (AvgIpc) is 1.58. The molecule has 0 aliphatic rings. The van der Waals surface area contributed by atoms with Gasteiger partial charge in [0.25, 0.3) is 0 Å². The van der Waals surface area contributed by atoms with Gasteiger partial charge in [-0.25, -0.2) is 34.9 Å². The zero-order chi connectivity index (χ0) is 99.1. The highest BCUT2D eigenvalue weighted by Crippen LogP contribution is 2.45. The van der Waals surface area contributed by atoms with Crippen LogP contribution in [0.3, 0.4) is 0 Å². The lowest BCUT2D eigenvalue weighted by atomic mass is 10.0. The first-order chi connectivity index (χ1) is 74.4. The maximum atomic E-state index is 5.18. The Morgan fingerprint density at radius 1 is 0.133 bits per heavy atom.